The van der Waals surface area contributed by atoms with E-state index in [0.717, 1.165) is 39.5 Å². The molecule has 26 heavy (non-hydrogen) atoms. The Morgan fingerprint density at radius 3 is 2.96 bits per heavy atom. The molecule has 0 aromatic carbocycles. The molecule has 0 atom stereocenters. The summed E-state index contributed by atoms with van der Waals surface area (Å²) in [5.74, 6) is 1.35. The zero-order valence-corrected chi connectivity index (χ0v) is 14.1. The van der Waals surface area contributed by atoms with Crippen molar-refractivity contribution in [2.24, 2.45) is 0 Å². The third-order valence-corrected chi connectivity index (χ3v) is 5.09. The van der Waals surface area contributed by atoms with E-state index >= 15 is 0 Å². The minimum Gasteiger partial charge on any atom is -0.454 e. The van der Waals surface area contributed by atoms with Crippen molar-refractivity contribution < 1.29 is 14.3 Å². The lowest BCUT2D eigenvalue weighted by molar-refractivity contribution is -0.639. The van der Waals surface area contributed by atoms with Gasteiger partial charge in [-0.2, -0.15) is 0 Å². The number of hydrazine groups is 1. The van der Waals surface area contributed by atoms with Crippen molar-refractivity contribution in [2.45, 2.75) is 24.8 Å². The predicted molar refractivity (Wildman–Crippen MR) is 95.2 cm³/mol. The molecule has 1 aromatic heterocycles. The molecule has 0 spiro atoms. The minimum atomic E-state index is -0.589. The molecule has 0 radical (unpaired) electrons. The molecule has 1 saturated carbocycles. The van der Waals surface area contributed by atoms with Crippen LogP contribution in [0.4, 0.5) is 0 Å². The molecule has 0 unspecified atom stereocenters. The molecule has 1 fully saturated rings. The molecule has 6 heteroatoms. The fourth-order valence-corrected chi connectivity index (χ4v) is 3.39. The van der Waals surface area contributed by atoms with Crippen molar-refractivity contribution in [1.29, 1.82) is 0 Å². The molecule has 1 aromatic rings. The lowest BCUT2D eigenvalue weighted by Crippen LogP contribution is -2.38. The second-order valence-electron chi connectivity index (χ2n) is 6.72. The summed E-state index contributed by atoms with van der Waals surface area (Å²) in [5.41, 5.74) is 7.37. The number of nitrogens with one attached hydrogen (secondary N) is 2. The number of aromatic amines is 1. The third kappa shape index (κ3) is 2.43. The molecular weight excluding hydrogens is 330 g/mol. The molecule has 0 bridgehead atoms. The average molecular weight is 348 g/mol. The molecule has 0 saturated heterocycles. The fraction of sp³-hybridized carbons (Fsp3) is 0.250. The third-order valence-electron chi connectivity index (χ3n) is 5.09. The van der Waals surface area contributed by atoms with Crippen molar-refractivity contribution >= 4 is 12.2 Å². The summed E-state index contributed by atoms with van der Waals surface area (Å²) in [6.07, 6.45) is 15.7. The van der Waals surface area contributed by atoms with Gasteiger partial charge >= 0.3 is 0 Å². The van der Waals surface area contributed by atoms with E-state index in [1.54, 1.807) is 6.08 Å². The van der Waals surface area contributed by atoms with Crippen LogP contribution in [0.15, 0.2) is 65.1 Å². The maximum absolute atomic E-state index is 12.9. The smallest absolute Gasteiger partial charge is 0.276 e. The van der Waals surface area contributed by atoms with Crippen LogP contribution in [0.1, 0.15) is 19.3 Å². The predicted octanol–water partition coefficient (Wildman–Crippen LogP) is 1.55. The van der Waals surface area contributed by atoms with E-state index < -0.39 is 5.54 Å². The van der Waals surface area contributed by atoms with E-state index in [4.69, 9.17) is 9.47 Å². The highest BCUT2D eigenvalue weighted by Gasteiger charge is 2.62. The number of fused-ring (bicyclic) bond motifs is 1. The Hall–Kier alpha value is -3.24. The summed E-state index contributed by atoms with van der Waals surface area (Å²) in [6, 6.07) is 2.02. The molecule has 4 aliphatic rings. The molecule has 6 nitrogen and oxygen atoms in total. The second kappa shape index (κ2) is 5.64. The highest BCUT2D eigenvalue weighted by Crippen LogP contribution is 2.46. The van der Waals surface area contributed by atoms with Gasteiger partial charge in [-0.05, 0) is 29.5 Å². The van der Waals surface area contributed by atoms with Crippen molar-refractivity contribution in [1.82, 2.24) is 10.4 Å². The summed E-state index contributed by atoms with van der Waals surface area (Å²) in [4.78, 5) is 17.1. The van der Waals surface area contributed by atoms with Gasteiger partial charge in [0.25, 0.3) is 5.54 Å². The summed E-state index contributed by atoms with van der Waals surface area (Å²) in [6.45, 7) is 0.228. The van der Waals surface area contributed by atoms with E-state index in [2.05, 4.69) is 22.2 Å². The van der Waals surface area contributed by atoms with Gasteiger partial charge in [0.1, 0.15) is 4.87 Å². The molecule has 130 valence electrons. The first-order valence-electron chi connectivity index (χ1n) is 8.68. The van der Waals surface area contributed by atoms with Crippen molar-refractivity contribution in [3.63, 3.8) is 0 Å². The highest BCUT2D eigenvalue weighted by atomic mass is 16.7. The maximum atomic E-state index is 12.9. The van der Waals surface area contributed by atoms with E-state index in [1.165, 1.54) is 0 Å². The number of hydrogen-bond donors (Lipinski definition) is 2. The Morgan fingerprint density at radius 1 is 1.19 bits per heavy atom. The topological polar surface area (TPSA) is 66.4 Å². The van der Waals surface area contributed by atoms with Crippen LogP contribution < -0.4 is 16.0 Å². The first-order valence-corrected chi connectivity index (χ1v) is 8.68. The van der Waals surface area contributed by atoms with Crippen LogP contribution in [0.2, 0.25) is 0 Å². The molecule has 3 aliphatic carbocycles. The largest absolute Gasteiger partial charge is 0.454 e. The first-order chi connectivity index (χ1) is 12.7. The van der Waals surface area contributed by atoms with Crippen LogP contribution in [0.5, 0.6) is 0 Å². The lowest BCUT2D eigenvalue weighted by atomic mass is 10.1. The monoisotopic (exact) mass is 348 g/mol. The van der Waals surface area contributed by atoms with E-state index in [-0.39, 0.29) is 6.79 Å². The SMILES string of the molecule is O=[N+](NC1=CC=c2cc[nH]c2=CC1)C1(C2=C=CC3=C(C=C2)OCO3)CC1. The van der Waals surface area contributed by atoms with Gasteiger partial charge in [-0.1, -0.05) is 12.2 Å². The summed E-state index contributed by atoms with van der Waals surface area (Å²) in [5, 5.41) is 2.20. The molecule has 0 amide bonds. The number of aromatic nitrogens is 1. The molecule has 2 N–H and O–H groups in total. The molecule has 2 heterocycles. The Labute approximate surface area is 149 Å². The van der Waals surface area contributed by atoms with Crippen LogP contribution in [-0.4, -0.2) is 22.2 Å². The standard InChI is InChI=1S/C20H18N3O3/c24-23(22-16-4-1-14-9-12-21-17(14)6-5-16)20(10-11-20)15-2-7-18-19(8-3-15)26-13-25-18/h1-2,4,6-9,12,21H,5,10-11,13H2,(H,22,24)/q+1. The van der Waals surface area contributed by atoms with E-state index in [1.807, 2.05) is 36.6 Å². The van der Waals surface area contributed by atoms with Crippen LogP contribution in [0.25, 0.3) is 12.2 Å². The van der Waals surface area contributed by atoms with Gasteiger partial charge in [0.2, 0.25) is 6.79 Å². The van der Waals surface area contributed by atoms with Gasteiger partial charge in [-0.15, -0.1) is 11.2 Å². The van der Waals surface area contributed by atoms with Gasteiger partial charge < -0.3 is 14.5 Å². The Morgan fingerprint density at radius 2 is 2.08 bits per heavy atom. The second-order valence-corrected chi connectivity index (χ2v) is 6.72. The Bertz CT molecular complexity index is 1070. The fourth-order valence-electron chi connectivity index (χ4n) is 3.39. The van der Waals surface area contributed by atoms with Gasteiger partial charge in [0, 0.05) is 36.9 Å². The number of rotatable bonds is 4. The number of H-pyrrole nitrogens is 1. The average Bonchev–Trinajstić information content (AvgIpc) is 3.27. The molecular formula is C20H18N3O3+. The van der Waals surface area contributed by atoms with E-state index in [0.29, 0.717) is 17.9 Å². The molecule has 5 rings (SSSR count). The van der Waals surface area contributed by atoms with Crippen LogP contribution in [0, 0.1) is 4.91 Å². The van der Waals surface area contributed by atoms with Crippen LogP contribution in [0.3, 0.4) is 0 Å². The highest BCUT2D eigenvalue weighted by molar-refractivity contribution is 5.46. The number of allylic oxidation sites excluding steroid dienone is 4. The van der Waals surface area contributed by atoms with Crippen LogP contribution >= 0.6 is 0 Å². The quantitative estimate of drug-likeness (QED) is 0.492. The number of nitrogens with zero attached hydrogens (tertiary/aromatic N) is 1. The van der Waals surface area contributed by atoms with Gasteiger partial charge in [-0.3, -0.25) is 0 Å². The summed E-state index contributed by atoms with van der Waals surface area (Å²) < 4.78 is 10.8. The molecule has 1 aliphatic heterocycles. The maximum Gasteiger partial charge on any atom is 0.276 e. The number of nitroso groups, excluding NO2 is 1. The Kier molecular flexibility index (Phi) is 3.27. The van der Waals surface area contributed by atoms with Gasteiger partial charge in [0.05, 0.1) is 16.2 Å². The van der Waals surface area contributed by atoms with Crippen molar-refractivity contribution in [2.75, 3.05) is 6.79 Å². The van der Waals surface area contributed by atoms with Gasteiger partial charge in [0.15, 0.2) is 11.5 Å². The Balaban J connectivity index is 1.38. The zero-order chi connectivity index (χ0) is 17.6. The van der Waals surface area contributed by atoms with Crippen molar-refractivity contribution in [3.05, 3.63) is 80.6 Å². The lowest BCUT2D eigenvalue weighted by Gasteiger charge is -2.08. The normalized spacial score (nSPS) is 21.5. The first kappa shape index (κ1) is 15.0. The number of hydrogen-bond acceptors (Lipinski definition) is 3. The minimum absolute atomic E-state index is 0.228. The summed E-state index contributed by atoms with van der Waals surface area (Å²) >= 11 is 0. The van der Waals surface area contributed by atoms with Crippen molar-refractivity contribution in [3.8, 4) is 0 Å². The zero-order valence-electron chi connectivity index (χ0n) is 14.1. The van der Waals surface area contributed by atoms with Crippen LogP contribution in [-0.2, 0) is 9.47 Å². The summed E-state index contributed by atoms with van der Waals surface area (Å²) in [7, 11) is 0. The van der Waals surface area contributed by atoms with E-state index in [9.17, 15) is 4.91 Å². The van der Waals surface area contributed by atoms with Gasteiger partial charge in [-0.25, -0.2) is 0 Å². The number of ether oxygens (including phenoxy) is 2.